The molecule has 0 bridgehead atoms. The molecule has 0 amide bonds. The third-order valence-corrected chi connectivity index (χ3v) is 4.47. The summed E-state index contributed by atoms with van der Waals surface area (Å²) in [5, 5.41) is 0.147. The molecule has 1 heterocycles. The summed E-state index contributed by atoms with van der Waals surface area (Å²) in [6.45, 7) is 4.82. The van der Waals surface area contributed by atoms with Crippen LogP contribution in [0.25, 0.3) is 16.6 Å². The van der Waals surface area contributed by atoms with Crippen molar-refractivity contribution < 1.29 is 45.4 Å². The second kappa shape index (κ2) is 8.69. The van der Waals surface area contributed by atoms with E-state index < -0.39 is 47.6 Å². The standard InChI is InChI=1S/C23H19F6NO4/c1-21(2,3)34-20(32)12-19(31)18-11-13-10-16(33-23(27,28)29)8-9-17(13)30(18)15-6-4-14(5-7-15)22(24,25)26/h4-11H,12H2,1-3H3. The zero-order chi connectivity index (χ0) is 25.5. The number of carbonyl (C=O) groups is 2. The molecular weight excluding hydrogens is 468 g/mol. The lowest BCUT2D eigenvalue weighted by molar-refractivity contribution is -0.274. The van der Waals surface area contributed by atoms with Crippen molar-refractivity contribution in [1.29, 1.82) is 0 Å². The lowest BCUT2D eigenvalue weighted by Crippen LogP contribution is -2.25. The Morgan fingerprint density at radius 3 is 2.03 bits per heavy atom. The van der Waals surface area contributed by atoms with Gasteiger partial charge in [0.25, 0.3) is 0 Å². The fourth-order valence-corrected chi connectivity index (χ4v) is 3.27. The molecule has 0 saturated heterocycles. The Hall–Kier alpha value is -3.50. The minimum atomic E-state index is -4.95. The van der Waals surface area contributed by atoms with Crippen LogP contribution in [0.2, 0.25) is 0 Å². The van der Waals surface area contributed by atoms with Gasteiger partial charge in [-0.25, -0.2) is 0 Å². The summed E-state index contributed by atoms with van der Waals surface area (Å²) in [6.07, 6.45) is -10.2. The highest BCUT2D eigenvalue weighted by molar-refractivity contribution is 6.08. The van der Waals surface area contributed by atoms with E-state index in [1.165, 1.54) is 16.7 Å². The molecule has 182 valence electrons. The van der Waals surface area contributed by atoms with Crippen molar-refractivity contribution in [3.8, 4) is 11.4 Å². The molecule has 3 aromatic rings. The number of fused-ring (bicyclic) bond motifs is 1. The smallest absolute Gasteiger partial charge is 0.460 e. The summed E-state index contributed by atoms with van der Waals surface area (Å²) in [5.74, 6) is -2.11. The van der Waals surface area contributed by atoms with E-state index in [9.17, 15) is 35.9 Å². The first kappa shape index (κ1) is 25.1. The number of halogens is 6. The van der Waals surface area contributed by atoms with Gasteiger partial charge >= 0.3 is 18.5 Å². The van der Waals surface area contributed by atoms with Crippen LogP contribution in [0.15, 0.2) is 48.5 Å². The molecule has 0 saturated carbocycles. The van der Waals surface area contributed by atoms with Crippen molar-refractivity contribution in [3.05, 3.63) is 59.8 Å². The van der Waals surface area contributed by atoms with E-state index >= 15 is 0 Å². The molecule has 0 spiro atoms. The molecule has 3 rings (SSSR count). The minimum absolute atomic E-state index is 0.121. The Kier molecular flexibility index (Phi) is 6.43. The highest BCUT2D eigenvalue weighted by Crippen LogP contribution is 2.33. The molecule has 34 heavy (non-hydrogen) atoms. The fourth-order valence-electron chi connectivity index (χ4n) is 3.27. The van der Waals surface area contributed by atoms with Crippen LogP contribution < -0.4 is 4.74 Å². The maximum absolute atomic E-state index is 13.0. The number of hydrogen-bond acceptors (Lipinski definition) is 4. The highest BCUT2D eigenvalue weighted by Gasteiger charge is 2.32. The number of Topliss-reactive ketones (excluding diaryl/α,β-unsaturated/α-hetero) is 1. The predicted octanol–water partition coefficient (Wildman–Crippen LogP) is 6.46. The van der Waals surface area contributed by atoms with E-state index in [0.29, 0.717) is 0 Å². The van der Waals surface area contributed by atoms with Gasteiger partial charge in [-0.1, -0.05) is 0 Å². The van der Waals surface area contributed by atoms with Crippen molar-refractivity contribution in [2.75, 3.05) is 0 Å². The molecule has 0 aliphatic heterocycles. The van der Waals surface area contributed by atoms with Crippen LogP contribution in [-0.4, -0.2) is 28.3 Å². The van der Waals surface area contributed by atoms with E-state index in [-0.39, 0.29) is 22.3 Å². The van der Waals surface area contributed by atoms with Crippen molar-refractivity contribution in [2.24, 2.45) is 0 Å². The van der Waals surface area contributed by atoms with Crippen LogP contribution in [0.4, 0.5) is 26.3 Å². The van der Waals surface area contributed by atoms with Gasteiger partial charge in [-0.05, 0) is 69.3 Å². The number of carbonyl (C=O) groups excluding carboxylic acids is 2. The van der Waals surface area contributed by atoms with Crippen molar-refractivity contribution in [2.45, 2.75) is 45.3 Å². The second-order valence-corrected chi connectivity index (χ2v) is 8.36. The molecule has 0 fully saturated rings. The van der Waals surface area contributed by atoms with Gasteiger partial charge in [0.15, 0.2) is 5.78 Å². The molecule has 0 radical (unpaired) electrons. The summed E-state index contributed by atoms with van der Waals surface area (Å²) >= 11 is 0. The number of benzene rings is 2. The SMILES string of the molecule is CC(C)(C)OC(=O)CC(=O)c1cc2cc(OC(F)(F)F)ccc2n1-c1ccc(C(F)(F)F)cc1. The van der Waals surface area contributed by atoms with Gasteiger partial charge in [0.05, 0.1) is 16.8 Å². The maximum atomic E-state index is 13.0. The summed E-state index contributed by atoms with van der Waals surface area (Å²) in [5.41, 5.74) is -1.54. The number of rotatable bonds is 5. The summed E-state index contributed by atoms with van der Waals surface area (Å²) in [7, 11) is 0. The van der Waals surface area contributed by atoms with Gasteiger partial charge in [0.1, 0.15) is 17.8 Å². The first-order valence-electron chi connectivity index (χ1n) is 9.87. The van der Waals surface area contributed by atoms with Crippen molar-refractivity contribution in [3.63, 3.8) is 0 Å². The Bertz CT molecular complexity index is 1220. The zero-order valence-electron chi connectivity index (χ0n) is 18.2. The van der Waals surface area contributed by atoms with E-state index in [4.69, 9.17) is 4.74 Å². The average molecular weight is 487 g/mol. The van der Waals surface area contributed by atoms with E-state index in [1.54, 1.807) is 20.8 Å². The molecular formula is C23H19F6NO4. The van der Waals surface area contributed by atoms with E-state index in [1.807, 2.05) is 0 Å². The largest absolute Gasteiger partial charge is 0.573 e. The molecule has 0 N–H and O–H groups in total. The Morgan fingerprint density at radius 1 is 0.882 bits per heavy atom. The van der Waals surface area contributed by atoms with Crippen LogP contribution >= 0.6 is 0 Å². The third kappa shape index (κ3) is 6.09. The summed E-state index contributed by atoms with van der Waals surface area (Å²) in [4.78, 5) is 25.1. The van der Waals surface area contributed by atoms with Crippen LogP contribution in [0.1, 0.15) is 43.2 Å². The molecule has 11 heteroatoms. The number of ketones is 1. The highest BCUT2D eigenvalue weighted by atomic mass is 19.4. The molecule has 0 aliphatic rings. The topological polar surface area (TPSA) is 57.5 Å². The normalized spacial score (nSPS) is 12.6. The molecule has 1 aromatic heterocycles. The number of aromatic nitrogens is 1. The van der Waals surface area contributed by atoms with E-state index in [2.05, 4.69) is 4.74 Å². The second-order valence-electron chi connectivity index (χ2n) is 8.36. The molecule has 5 nitrogen and oxygen atoms in total. The Labute approximate surface area is 189 Å². The number of ether oxygens (including phenoxy) is 2. The van der Waals surface area contributed by atoms with Gasteiger partial charge < -0.3 is 14.0 Å². The first-order chi connectivity index (χ1) is 15.5. The van der Waals surface area contributed by atoms with Crippen LogP contribution in [0, 0.1) is 0 Å². The van der Waals surface area contributed by atoms with Gasteiger partial charge in [-0.15, -0.1) is 13.2 Å². The number of esters is 1. The van der Waals surface area contributed by atoms with Crippen LogP contribution in [0.5, 0.6) is 5.75 Å². The fraction of sp³-hybridized carbons (Fsp3) is 0.304. The molecule has 2 aromatic carbocycles. The van der Waals surface area contributed by atoms with Crippen LogP contribution in [-0.2, 0) is 15.7 Å². The lowest BCUT2D eigenvalue weighted by Gasteiger charge is -2.19. The maximum Gasteiger partial charge on any atom is 0.573 e. The number of hydrogen-bond donors (Lipinski definition) is 0. The summed E-state index contributed by atoms with van der Waals surface area (Å²) in [6, 6.07) is 8.38. The van der Waals surface area contributed by atoms with Gasteiger partial charge in [0.2, 0.25) is 0 Å². The van der Waals surface area contributed by atoms with Crippen molar-refractivity contribution in [1.82, 2.24) is 4.57 Å². The summed E-state index contributed by atoms with van der Waals surface area (Å²) < 4.78 is 87.0. The predicted molar refractivity (Wildman–Crippen MR) is 110 cm³/mol. The first-order valence-corrected chi connectivity index (χ1v) is 9.87. The number of nitrogens with zero attached hydrogens (tertiary/aromatic N) is 1. The molecule has 0 unspecified atom stereocenters. The van der Waals surface area contributed by atoms with Crippen molar-refractivity contribution >= 4 is 22.7 Å². The van der Waals surface area contributed by atoms with Crippen LogP contribution in [0.3, 0.4) is 0 Å². The quantitative estimate of drug-likeness (QED) is 0.179. The van der Waals surface area contributed by atoms with Gasteiger partial charge in [0, 0.05) is 11.1 Å². The van der Waals surface area contributed by atoms with Gasteiger partial charge in [-0.2, -0.15) is 13.2 Å². The lowest BCUT2D eigenvalue weighted by atomic mass is 10.1. The third-order valence-electron chi connectivity index (χ3n) is 4.47. The average Bonchev–Trinajstić information content (AvgIpc) is 3.03. The Morgan fingerprint density at radius 2 is 1.50 bits per heavy atom. The number of alkyl halides is 6. The Balaban J connectivity index is 2.09. The molecule has 0 aliphatic carbocycles. The molecule has 0 atom stereocenters. The minimum Gasteiger partial charge on any atom is -0.460 e. The van der Waals surface area contributed by atoms with E-state index in [0.717, 1.165) is 36.4 Å². The van der Waals surface area contributed by atoms with Gasteiger partial charge in [-0.3, -0.25) is 9.59 Å². The monoisotopic (exact) mass is 487 g/mol. The zero-order valence-corrected chi connectivity index (χ0v) is 18.2.